The van der Waals surface area contributed by atoms with Gasteiger partial charge >= 0.3 is 0 Å². The highest BCUT2D eigenvalue weighted by Crippen LogP contribution is 2.24. The van der Waals surface area contributed by atoms with Gasteiger partial charge in [-0.05, 0) is 59.9 Å². The van der Waals surface area contributed by atoms with E-state index in [1.165, 1.54) is 25.7 Å². The lowest BCUT2D eigenvalue weighted by atomic mass is 9.98. The molecule has 0 amide bonds. The van der Waals surface area contributed by atoms with Crippen LogP contribution in [0.2, 0.25) is 0 Å². The first-order chi connectivity index (χ1) is 18.2. The molecular formula is C32H34FN3O. The van der Waals surface area contributed by atoms with Crippen LogP contribution in [0.15, 0.2) is 67.0 Å². The Kier molecular flexibility index (Phi) is 9.60. The van der Waals surface area contributed by atoms with Crippen molar-refractivity contribution in [2.75, 3.05) is 6.61 Å². The molecule has 4 aromatic rings. The van der Waals surface area contributed by atoms with Gasteiger partial charge < -0.3 is 4.74 Å². The van der Waals surface area contributed by atoms with E-state index in [1.54, 1.807) is 24.5 Å². The van der Waals surface area contributed by atoms with Crippen molar-refractivity contribution in [1.29, 1.82) is 5.26 Å². The highest BCUT2D eigenvalue weighted by molar-refractivity contribution is 5.84. The van der Waals surface area contributed by atoms with Gasteiger partial charge in [0.25, 0.3) is 0 Å². The molecule has 0 aliphatic carbocycles. The second kappa shape index (κ2) is 13.5. The van der Waals surface area contributed by atoms with E-state index in [2.05, 4.69) is 29.0 Å². The maximum atomic E-state index is 15.2. The van der Waals surface area contributed by atoms with Crippen molar-refractivity contribution in [3.8, 4) is 11.8 Å². The summed E-state index contributed by atoms with van der Waals surface area (Å²) in [5, 5.41) is 10.5. The molecule has 0 atom stereocenters. The van der Waals surface area contributed by atoms with E-state index < -0.39 is 0 Å². The Morgan fingerprint density at radius 1 is 0.811 bits per heavy atom. The first kappa shape index (κ1) is 26.3. The third-order valence-corrected chi connectivity index (χ3v) is 6.70. The minimum absolute atomic E-state index is 0.151. The van der Waals surface area contributed by atoms with Crippen molar-refractivity contribution in [2.24, 2.45) is 0 Å². The number of nitrogens with zero attached hydrogens (tertiary/aromatic N) is 3. The minimum atomic E-state index is -0.151. The molecule has 37 heavy (non-hydrogen) atoms. The van der Waals surface area contributed by atoms with E-state index in [1.807, 2.05) is 36.4 Å². The molecule has 0 bridgehead atoms. The van der Waals surface area contributed by atoms with Gasteiger partial charge in [0.05, 0.1) is 30.6 Å². The molecule has 3 aromatic carbocycles. The number of aromatic nitrogens is 2. The fraction of sp³-hybridized carbons (Fsp3) is 0.344. The van der Waals surface area contributed by atoms with Crippen LogP contribution in [0.5, 0.6) is 5.75 Å². The second-order valence-electron chi connectivity index (χ2n) is 9.50. The summed E-state index contributed by atoms with van der Waals surface area (Å²) in [5.74, 6) is 1.34. The molecule has 0 saturated heterocycles. The normalized spacial score (nSPS) is 10.9. The number of ether oxygens (including phenoxy) is 1. The zero-order valence-corrected chi connectivity index (χ0v) is 21.5. The Labute approximate surface area is 219 Å². The molecule has 0 saturated carbocycles. The van der Waals surface area contributed by atoms with E-state index in [0.29, 0.717) is 36.0 Å². The number of rotatable bonds is 13. The van der Waals surface area contributed by atoms with Gasteiger partial charge in [0.1, 0.15) is 11.6 Å². The summed E-state index contributed by atoms with van der Waals surface area (Å²) < 4.78 is 21.0. The molecule has 1 heterocycles. The Hall–Kier alpha value is -3.78. The van der Waals surface area contributed by atoms with E-state index >= 15 is 4.39 Å². The topological polar surface area (TPSA) is 58.8 Å². The summed E-state index contributed by atoms with van der Waals surface area (Å²) >= 11 is 0. The molecule has 0 aliphatic heterocycles. The zero-order chi connectivity index (χ0) is 25.9. The molecule has 4 rings (SSSR count). The maximum Gasteiger partial charge on any atom is 0.155 e. The Bertz CT molecular complexity index is 1330. The Morgan fingerprint density at radius 2 is 1.54 bits per heavy atom. The number of benzene rings is 3. The lowest BCUT2D eigenvalue weighted by molar-refractivity contribution is 0.302. The van der Waals surface area contributed by atoms with Crippen LogP contribution in [-0.4, -0.2) is 16.6 Å². The molecule has 4 nitrogen and oxygen atoms in total. The van der Waals surface area contributed by atoms with Crippen LogP contribution in [0.1, 0.15) is 67.1 Å². The van der Waals surface area contributed by atoms with Gasteiger partial charge in [0, 0.05) is 11.8 Å². The maximum absolute atomic E-state index is 15.2. The van der Waals surface area contributed by atoms with Crippen LogP contribution in [0.4, 0.5) is 4.39 Å². The Morgan fingerprint density at radius 3 is 2.30 bits per heavy atom. The van der Waals surface area contributed by atoms with E-state index in [4.69, 9.17) is 10.00 Å². The number of hydrogen-bond donors (Lipinski definition) is 0. The summed E-state index contributed by atoms with van der Waals surface area (Å²) in [6, 6.07) is 19.4. The van der Waals surface area contributed by atoms with Crippen molar-refractivity contribution in [2.45, 2.75) is 64.7 Å². The van der Waals surface area contributed by atoms with Crippen molar-refractivity contribution in [3.63, 3.8) is 0 Å². The standard InChI is InChI=1S/C32H34FN3O/c1-2-3-4-5-6-19-37-29-22-35-31(36-23-29)18-13-25-12-17-30-28(20-25)16-15-27(32(30)33)14-11-24-7-9-26(21-34)10-8-24/h7-10,12,15-17,20,22-23H,2-6,11,13-14,18-19H2,1H3. The van der Waals surface area contributed by atoms with Gasteiger partial charge in [0.15, 0.2) is 5.75 Å². The smallest absolute Gasteiger partial charge is 0.155 e. The lowest BCUT2D eigenvalue weighted by Crippen LogP contribution is -2.02. The SMILES string of the molecule is CCCCCCCOc1cnc(CCc2ccc3c(F)c(CCc4ccc(C#N)cc4)ccc3c2)nc1. The van der Waals surface area contributed by atoms with Crippen LogP contribution in [0.3, 0.4) is 0 Å². The number of hydrogen-bond acceptors (Lipinski definition) is 4. The van der Waals surface area contributed by atoms with Gasteiger partial charge in [-0.25, -0.2) is 14.4 Å². The molecule has 190 valence electrons. The molecule has 5 heteroatoms. The first-order valence-electron chi connectivity index (χ1n) is 13.3. The predicted octanol–water partition coefficient (Wildman–Crippen LogP) is 7.56. The summed E-state index contributed by atoms with van der Waals surface area (Å²) in [7, 11) is 0. The lowest BCUT2D eigenvalue weighted by Gasteiger charge is -2.09. The van der Waals surface area contributed by atoms with Crippen LogP contribution in [0.25, 0.3) is 10.8 Å². The fourth-order valence-electron chi connectivity index (χ4n) is 4.46. The molecule has 0 spiro atoms. The molecule has 0 fully saturated rings. The van der Waals surface area contributed by atoms with E-state index in [-0.39, 0.29) is 5.82 Å². The summed E-state index contributed by atoms with van der Waals surface area (Å²) in [6.07, 6.45) is 12.4. The van der Waals surface area contributed by atoms with Crippen molar-refractivity contribution < 1.29 is 9.13 Å². The number of fused-ring (bicyclic) bond motifs is 1. The predicted molar refractivity (Wildman–Crippen MR) is 146 cm³/mol. The monoisotopic (exact) mass is 495 g/mol. The average Bonchev–Trinajstić information content (AvgIpc) is 2.94. The largest absolute Gasteiger partial charge is 0.490 e. The van der Waals surface area contributed by atoms with Crippen LogP contribution in [0, 0.1) is 17.1 Å². The number of unbranched alkanes of at least 4 members (excludes halogenated alkanes) is 4. The molecule has 0 radical (unpaired) electrons. The highest BCUT2D eigenvalue weighted by Gasteiger charge is 2.09. The van der Waals surface area contributed by atoms with Gasteiger partial charge in [-0.2, -0.15) is 5.26 Å². The van der Waals surface area contributed by atoms with Crippen LogP contribution in [-0.2, 0) is 25.7 Å². The zero-order valence-electron chi connectivity index (χ0n) is 21.5. The number of nitriles is 1. The molecule has 1 aromatic heterocycles. The third-order valence-electron chi connectivity index (χ3n) is 6.70. The van der Waals surface area contributed by atoms with Gasteiger partial charge in [-0.15, -0.1) is 0 Å². The summed E-state index contributed by atoms with van der Waals surface area (Å²) in [5.41, 5.74) is 3.57. The number of aryl methyl sites for hydroxylation is 4. The summed E-state index contributed by atoms with van der Waals surface area (Å²) in [6.45, 7) is 2.92. The minimum Gasteiger partial charge on any atom is -0.490 e. The molecule has 0 aliphatic rings. The van der Waals surface area contributed by atoms with Crippen molar-refractivity contribution in [3.05, 3.63) is 101 Å². The Balaban J connectivity index is 1.29. The quantitative estimate of drug-likeness (QED) is 0.180. The van der Waals surface area contributed by atoms with Crippen molar-refractivity contribution in [1.82, 2.24) is 9.97 Å². The third kappa shape index (κ3) is 7.60. The van der Waals surface area contributed by atoms with Gasteiger partial charge in [-0.1, -0.05) is 75.1 Å². The van der Waals surface area contributed by atoms with Crippen LogP contribution >= 0.6 is 0 Å². The van der Waals surface area contributed by atoms with Gasteiger partial charge in [-0.3, -0.25) is 0 Å². The van der Waals surface area contributed by atoms with Crippen LogP contribution < -0.4 is 4.74 Å². The number of halogens is 1. The molecule has 0 unspecified atom stereocenters. The first-order valence-corrected chi connectivity index (χ1v) is 13.3. The van der Waals surface area contributed by atoms with E-state index in [9.17, 15) is 0 Å². The highest BCUT2D eigenvalue weighted by atomic mass is 19.1. The fourth-order valence-corrected chi connectivity index (χ4v) is 4.46. The molecular weight excluding hydrogens is 461 g/mol. The average molecular weight is 496 g/mol. The second-order valence-corrected chi connectivity index (χ2v) is 9.50. The molecule has 0 N–H and O–H groups in total. The van der Waals surface area contributed by atoms with Crippen molar-refractivity contribution >= 4 is 10.8 Å². The van der Waals surface area contributed by atoms with Gasteiger partial charge in [0.2, 0.25) is 0 Å². The summed E-state index contributed by atoms with van der Waals surface area (Å²) in [4.78, 5) is 8.91. The van der Waals surface area contributed by atoms with E-state index in [0.717, 1.165) is 47.3 Å².